The number of carbonyl (C=O) groups is 1. The second kappa shape index (κ2) is 5.64. The molecule has 1 aliphatic carbocycles. The Kier molecular flexibility index (Phi) is 4.74. The number of carboxylic acids is 1. The minimum absolute atomic E-state index is 0.325. The van der Waals surface area contributed by atoms with E-state index in [0.29, 0.717) is 18.4 Å². The molecule has 4 N–H and O–H groups in total. The van der Waals surface area contributed by atoms with E-state index in [1.165, 1.54) is 19.3 Å². The van der Waals surface area contributed by atoms with Crippen molar-refractivity contribution in [2.24, 2.45) is 17.1 Å². The molecule has 1 fully saturated rings. The molecule has 0 bridgehead atoms. The minimum Gasteiger partial charge on any atom is -0.480 e. The Morgan fingerprint density at radius 2 is 2.19 bits per heavy atom. The Bertz CT molecular complexity index is 237. The van der Waals surface area contributed by atoms with Gasteiger partial charge in [-0.1, -0.05) is 20.3 Å². The van der Waals surface area contributed by atoms with Crippen molar-refractivity contribution in [3.05, 3.63) is 0 Å². The van der Waals surface area contributed by atoms with Crippen molar-refractivity contribution in [3.63, 3.8) is 0 Å². The summed E-state index contributed by atoms with van der Waals surface area (Å²) in [6.45, 7) is 6.19. The van der Waals surface area contributed by atoms with Gasteiger partial charge in [0, 0.05) is 6.54 Å². The maximum atomic E-state index is 10.5. The number of carboxylic acid groups (broad SMARTS) is 1. The highest BCUT2D eigenvalue weighted by atomic mass is 16.4. The molecule has 4 nitrogen and oxygen atoms in total. The van der Waals surface area contributed by atoms with E-state index in [1.54, 1.807) is 0 Å². The van der Waals surface area contributed by atoms with E-state index in [9.17, 15) is 4.79 Å². The van der Waals surface area contributed by atoms with Gasteiger partial charge in [0.05, 0.1) is 0 Å². The molecular formula is C12H24N2O2. The molecular weight excluding hydrogens is 204 g/mol. The summed E-state index contributed by atoms with van der Waals surface area (Å²) >= 11 is 0. The predicted molar refractivity (Wildman–Crippen MR) is 64.2 cm³/mol. The van der Waals surface area contributed by atoms with Crippen LogP contribution in [0.25, 0.3) is 0 Å². The summed E-state index contributed by atoms with van der Waals surface area (Å²) in [5, 5.41) is 11.9. The first-order valence-electron chi connectivity index (χ1n) is 6.12. The number of nitrogens with one attached hydrogen (secondary N) is 1. The summed E-state index contributed by atoms with van der Waals surface area (Å²) in [6, 6.07) is -0.737. The highest BCUT2D eigenvalue weighted by Gasteiger charge is 2.33. The topological polar surface area (TPSA) is 75.3 Å². The van der Waals surface area contributed by atoms with Gasteiger partial charge in [-0.25, -0.2) is 0 Å². The van der Waals surface area contributed by atoms with Crippen LogP contribution in [-0.4, -0.2) is 30.2 Å². The Morgan fingerprint density at radius 3 is 2.62 bits per heavy atom. The molecule has 1 atom stereocenters. The van der Waals surface area contributed by atoms with Crippen molar-refractivity contribution < 1.29 is 9.90 Å². The Labute approximate surface area is 97.6 Å². The molecule has 1 rings (SSSR count). The highest BCUT2D eigenvalue weighted by molar-refractivity contribution is 5.72. The van der Waals surface area contributed by atoms with Crippen LogP contribution in [0.4, 0.5) is 0 Å². The third kappa shape index (κ3) is 3.76. The first-order chi connectivity index (χ1) is 7.43. The van der Waals surface area contributed by atoms with E-state index < -0.39 is 12.0 Å². The van der Waals surface area contributed by atoms with Gasteiger partial charge in [-0.15, -0.1) is 0 Å². The molecule has 0 amide bonds. The third-order valence-corrected chi connectivity index (χ3v) is 3.74. The van der Waals surface area contributed by atoms with Crippen LogP contribution < -0.4 is 11.1 Å². The zero-order valence-electron chi connectivity index (χ0n) is 10.3. The van der Waals surface area contributed by atoms with Crippen LogP contribution in [-0.2, 0) is 4.79 Å². The van der Waals surface area contributed by atoms with Gasteiger partial charge in [-0.3, -0.25) is 4.79 Å². The number of rotatable bonds is 7. The lowest BCUT2D eigenvalue weighted by Gasteiger charge is -2.40. The summed E-state index contributed by atoms with van der Waals surface area (Å²) in [6.07, 6.45) is 4.53. The van der Waals surface area contributed by atoms with E-state index in [4.69, 9.17) is 10.8 Å². The average molecular weight is 228 g/mol. The molecule has 4 heteroatoms. The molecule has 1 unspecified atom stereocenters. The summed E-state index contributed by atoms with van der Waals surface area (Å²) < 4.78 is 0. The maximum Gasteiger partial charge on any atom is 0.320 e. The smallest absolute Gasteiger partial charge is 0.320 e. The Hall–Kier alpha value is -0.610. The van der Waals surface area contributed by atoms with Gasteiger partial charge >= 0.3 is 5.97 Å². The minimum atomic E-state index is -0.917. The lowest BCUT2D eigenvalue weighted by Crippen LogP contribution is -2.41. The largest absolute Gasteiger partial charge is 0.480 e. The van der Waals surface area contributed by atoms with Crippen molar-refractivity contribution in [2.75, 3.05) is 13.1 Å². The number of hydrogen-bond acceptors (Lipinski definition) is 3. The average Bonchev–Trinajstić information content (AvgIpc) is 2.08. The van der Waals surface area contributed by atoms with Crippen LogP contribution in [0.1, 0.15) is 39.5 Å². The van der Waals surface area contributed by atoms with Crippen LogP contribution in [0.5, 0.6) is 0 Å². The molecule has 1 saturated carbocycles. The van der Waals surface area contributed by atoms with Crippen molar-refractivity contribution >= 4 is 5.97 Å². The number of aliphatic carboxylic acids is 1. The van der Waals surface area contributed by atoms with Crippen molar-refractivity contribution in [2.45, 2.75) is 45.6 Å². The fourth-order valence-corrected chi connectivity index (χ4v) is 2.13. The van der Waals surface area contributed by atoms with Crippen molar-refractivity contribution in [1.82, 2.24) is 5.32 Å². The van der Waals surface area contributed by atoms with Gasteiger partial charge in [0.15, 0.2) is 0 Å². The molecule has 0 radical (unpaired) electrons. The van der Waals surface area contributed by atoms with Gasteiger partial charge in [-0.05, 0) is 37.1 Å². The van der Waals surface area contributed by atoms with Crippen LogP contribution in [0.15, 0.2) is 0 Å². The van der Waals surface area contributed by atoms with Crippen molar-refractivity contribution in [3.8, 4) is 0 Å². The number of hydrogen-bond donors (Lipinski definition) is 3. The van der Waals surface area contributed by atoms with Gasteiger partial charge in [-0.2, -0.15) is 0 Å². The molecule has 0 spiro atoms. The SMILES string of the molecule is CC(C)(CNCCC(N)C(=O)O)C1CCC1. The molecule has 0 aromatic heterocycles. The summed E-state index contributed by atoms with van der Waals surface area (Å²) in [5.41, 5.74) is 5.75. The fraction of sp³-hybridized carbons (Fsp3) is 0.917. The van der Waals surface area contributed by atoms with Gasteiger partial charge in [0.2, 0.25) is 0 Å². The van der Waals surface area contributed by atoms with Crippen LogP contribution in [0, 0.1) is 11.3 Å². The standard InChI is InChI=1S/C12H24N2O2/c1-12(2,9-4-3-5-9)8-14-7-6-10(13)11(15)16/h9-10,14H,3-8,13H2,1-2H3,(H,15,16). The lowest BCUT2D eigenvalue weighted by molar-refractivity contribution is -0.138. The number of nitrogens with two attached hydrogens (primary N) is 1. The van der Waals surface area contributed by atoms with Crippen LogP contribution in [0.2, 0.25) is 0 Å². The monoisotopic (exact) mass is 228 g/mol. The van der Waals surface area contributed by atoms with Crippen LogP contribution in [0.3, 0.4) is 0 Å². The van der Waals surface area contributed by atoms with E-state index in [2.05, 4.69) is 19.2 Å². The third-order valence-electron chi connectivity index (χ3n) is 3.74. The van der Waals surface area contributed by atoms with E-state index in [0.717, 1.165) is 12.5 Å². The molecule has 0 heterocycles. The predicted octanol–water partition coefficient (Wildman–Crippen LogP) is 1.20. The highest BCUT2D eigenvalue weighted by Crippen LogP contribution is 2.41. The summed E-state index contributed by atoms with van der Waals surface area (Å²) in [4.78, 5) is 10.5. The van der Waals surface area contributed by atoms with Gasteiger partial charge < -0.3 is 16.2 Å². The van der Waals surface area contributed by atoms with Gasteiger partial charge in [0.1, 0.15) is 6.04 Å². The molecule has 0 aromatic rings. The first kappa shape index (κ1) is 13.5. The van der Waals surface area contributed by atoms with E-state index >= 15 is 0 Å². The zero-order valence-corrected chi connectivity index (χ0v) is 10.3. The Balaban J connectivity index is 2.12. The Morgan fingerprint density at radius 1 is 1.56 bits per heavy atom. The molecule has 0 aromatic carbocycles. The lowest BCUT2D eigenvalue weighted by atomic mass is 9.67. The molecule has 16 heavy (non-hydrogen) atoms. The fourth-order valence-electron chi connectivity index (χ4n) is 2.13. The van der Waals surface area contributed by atoms with Crippen LogP contribution >= 0.6 is 0 Å². The zero-order chi connectivity index (χ0) is 12.2. The molecule has 0 aliphatic heterocycles. The first-order valence-corrected chi connectivity index (χ1v) is 6.12. The normalized spacial score (nSPS) is 19.2. The van der Waals surface area contributed by atoms with E-state index in [-0.39, 0.29) is 0 Å². The summed E-state index contributed by atoms with van der Waals surface area (Å²) in [7, 11) is 0. The molecule has 1 aliphatic rings. The van der Waals surface area contributed by atoms with Gasteiger partial charge in [0.25, 0.3) is 0 Å². The maximum absolute atomic E-state index is 10.5. The second-order valence-corrected chi connectivity index (χ2v) is 5.53. The quantitative estimate of drug-likeness (QED) is 0.572. The molecule has 94 valence electrons. The van der Waals surface area contributed by atoms with Crippen molar-refractivity contribution in [1.29, 1.82) is 0 Å². The summed E-state index contributed by atoms with van der Waals surface area (Å²) in [5.74, 6) is -0.0896. The molecule has 0 saturated heterocycles. The van der Waals surface area contributed by atoms with E-state index in [1.807, 2.05) is 0 Å². The second-order valence-electron chi connectivity index (χ2n) is 5.53.